The molecule has 5 heteroatoms. The van der Waals surface area contributed by atoms with Crippen LogP contribution >= 0.6 is 0 Å². The second kappa shape index (κ2) is 4.52. The van der Waals surface area contributed by atoms with E-state index in [9.17, 15) is 17.6 Å². The van der Waals surface area contributed by atoms with E-state index in [2.05, 4.69) is 0 Å². The summed E-state index contributed by atoms with van der Waals surface area (Å²) in [5.74, 6) is -7.04. The Hall–Kier alpha value is -1.57. The van der Waals surface area contributed by atoms with Crippen LogP contribution in [0.5, 0.6) is 0 Å². The van der Waals surface area contributed by atoms with E-state index < -0.39 is 40.3 Å². The van der Waals surface area contributed by atoms with Gasteiger partial charge in [-0.2, -0.15) is 5.26 Å². The maximum Gasteiger partial charge on any atom is 0.166 e. The van der Waals surface area contributed by atoms with Gasteiger partial charge in [0.25, 0.3) is 0 Å². The molecule has 0 spiro atoms. The van der Waals surface area contributed by atoms with Gasteiger partial charge in [0, 0.05) is 11.1 Å². The predicted molar refractivity (Wildman–Crippen MR) is 49.7 cm³/mol. The topological polar surface area (TPSA) is 23.8 Å². The SMILES string of the molecule is CCC(C#N)c1c(F)c(F)c(C)c(F)c1F. The lowest BCUT2D eigenvalue weighted by atomic mass is 9.95. The fraction of sp³-hybridized carbons (Fsp3) is 0.364. The van der Waals surface area contributed by atoms with Crippen LogP contribution in [0.4, 0.5) is 17.6 Å². The molecule has 1 aromatic carbocycles. The van der Waals surface area contributed by atoms with Gasteiger partial charge in [0.15, 0.2) is 23.3 Å². The van der Waals surface area contributed by atoms with E-state index in [0.29, 0.717) is 0 Å². The van der Waals surface area contributed by atoms with Crippen molar-refractivity contribution in [2.45, 2.75) is 26.2 Å². The van der Waals surface area contributed by atoms with Gasteiger partial charge in [-0.1, -0.05) is 6.92 Å². The summed E-state index contributed by atoms with van der Waals surface area (Å²) in [6, 6.07) is 1.61. The molecular formula is C11H9F4N. The van der Waals surface area contributed by atoms with Crippen molar-refractivity contribution < 1.29 is 17.6 Å². The van der Waals surface area contributed by atoms with Crippen molar-refractivity contribution in [1.29, 1.82) is 5.26 Å². The lowest BCUT2D eigenvalue weighted by molar-refractivity contribution is 0.425. The molecule has 86 valence electrons. The summed E-state index contributed by atoms with van der Waals surface area (Å²) in [7, 11) is 0. The Morgan fingerprint density at radius 3 is 1.81 bits per heavy atom. The van der Waals surface area contributed by atoms with Gasteiger partial charge in [0.1, 0.15) is 0 Å². The molecule has 0 radical (unpaired) electrons. The quantitative estimate of drug-likeness (QED) is 0.563. The Labute approximate surface area is 90.3 Å². The number of hydrogen-bond acceptors (Lipinski definition) is 1. The number of benzene rings is 1. The lowest BCUT2D eigenvalue weighted by Crippen LogP contribution is -2.09. The van der Waals surface area contributed by atoms with E-state index in [4.69, 9.17) is 5.26 Å². The summed E-state index contributed by atoms with van der Waals surface area (Å²) in [5.41, 5.74) is -1.54. The number of rotatable bonds is 2. The standard InChI is InChI=1S/C11H9F4N/c1-3-6(4-16)7-10(14)8(12)5(2)9(13)11(7)15/h6H,3H2,1-2H3. The third-order valence-electron chi connectivity index (χ3n) is 2.43. The number of nitriles is 1. The van der Waals surface area contributed by atoms with Crippen LogP contribution in [0, 0.1) is 41.5 Å². The van der Waals surface area contributed by atoms with Crippen molar-refractivity contribution >= 4 is 0 Å². The van der Waals surface area contributed by atoms with E-state index in [1.807, 2.05) is 0 Å². The van der Waals surface area contributed by atoms with Gasteiger partial charge in [0.05, 0.1) is 12.0 Å². The van der Waals surface area contributed by atoms with Gasteiger partial charge in [-0.15, -0.1) is 0 Å². The molecule has 0 aromatic heterocycles. The van der Waals surface area contributed by atoms with Gasteiger partial charge in [-0.05, 0) is 13.3 Å². The van der Waals surface area contributed by atoms with Crippen LogP contribution in [0.2, 0.25) is 0 Å². The van der Waals surface area contributed by atoms with Crippen LogP contribution in [0.1, 0.15) is 30.4 Å². The first-order chi connectivity index (χ1) is 7.45. The molecular weight excluding hydrogens is 222 g/mol. The largest absolute Gasteiger partial charge is 0.203 e. The molecule has 0 saturated heterocycles. The van der Waals surface area contributed by atoms with Gasteiger partial charge >= 0.3 is 0 Å². The van der Waals surface area contributed by atoms with E-state index >= 15 is 0 Å². The first-order valence-corrected chi connectivity index (χ1v) is 4.67. The van der Waals surface area contributed by atoms with E-state index in [-0.39, 0.29) is 6.42 Å². The van der Waals surface area contributed by atoms with Crippen LogP contribution in [-0.4, -0.2) is 0 Å². The maximum absolute atomic E-state index is 13.4. The summed E-state index contributed by atoms with van der Waals surface area (Å²) >= 11 is 0. The molecule has 0 amide bonds. The monoisotopic (exact) mass is 231 g/mol. The van der Waals surface area contributed by atoms with Crippen LogP contribution < -0.4 is 0 Å². The molecule has 0 heterocycles. The Kier molecular flexibility index (Phi) is 3.53. The number of halogens is 4. The summed E-state index contributed by atoms with van der Waals surface area (Å²) in [5, 5.41) is 8.65. The average molecular weight is 231 g/mol. The van der Waals surface area contributed by atoms with Gasteiger partial charge in [-0.25, -0.2) is 17.6 Å². The molecule has 1 unspecified atom stereocenters. The summed E-state index contributed by atoms with van der Waals surface area (Å²) in [4.78, 5) is 0. The number of nitrogens with zero attached hydrogens (tertiary/aromatic N) is 1. The highest BCUT2D eigenvalue weighted by atomic mass is 19.2. The molecule has 0 fully saturated rings. The van der Waals surface area contributed by atoms with Crippen LogP contribution in [0.3, 0.4) is 0 Å². The Balaban J connectivity index is 3.58. The third kappa shape index (κ3) is 1.75. The summed E-state index contributed by atoms with van der Waals surface area (Å²) < 4.78 is 53.1. The first kappa shape index (κ1) is 12.5. The molecule has 0 aliphatic rings. The highest BCUT2D eigenvalue weighted by Crippen LogP contribution is 2.30. The molecule has 1 aromatic rings. The van der Waals surface area contributed by atoms with Gasteiger partial charge < -0.3 is 0 Å². The minimum absolute atomic E-state index is 0.0757. The van der Waals surface area contributed by atoms with Crippen molar-refractivity contribution in [3.05, 3.63) is 34.4 Å². The molecule has 1 rings (SSSR count). The van der Waals surface area contributed by atoms with Crippen molar-refractivity contribution in [2.24, 2.45) is 0 Å². The average Bonchev–Trinajstić information content (AvgIpc) is 2.29. The summed E-state index contributed by atoms with van der Waals surface area (Å²) in [6.07, 6.45) is 0.0757. The first-order valence-electron chi connectivity index (χ1n) is 4.67. The smallest absolute Gasteiger partial charge is 0.166 e. The zero-order chi connectivity index (χ0) is 12.5. The predicted octanol–water partition coefficient (Wildman–Crippen LogP) is 3.57. The normalized spacial score (nSPS) is 12.3. The van der Waals surface area contributed by atoms with Crippen molar-refractivity contribution in [3.8, 4) is 6.07 Å². The molecule has 0 saturated carbocycles. The van der Waals surface area contributed by atoms with Crippen molar-refractivity contribution in [2.75, 3.05) is 0 Å². The molecule has 16 heavy (non-hydrogen) atoms. The Morgan fingerprint density at radius 2 is 1.50 bits per heavy atom. The highest BCUT2D eigenvalue weighted by molar-refractivity contribution is 5.34. The minimum Gasteiger partial charge on any atom is -0.203 e. The molecule has 0 aliphatic carbocycles. The van der Waals surface area contributed by atoms with Gasteiger partial charge in [0.2, 0.25) is 0 Å². The van der Waals surface area contributed by atoms with Gasteiger partial charge in [-0.3, -0.25) is 0 Å². The van der Waals surface area contributed by atoms with Crippen LogP contribution in [0.15, 0.2) is 0 Å². The third-order valence-corrected chi connectivity index (χ3v) is 2.43. The van der Waals surface area contributed by atoms with E-state index in [1.165, 1.54) is 6.92 Å². The zero-order valence-corrected chi connectivity index (χ0v) is 8.74. The second-order valence-electron chi connectivity index (χ2n) is 3.38. The van der Waals surface area contributed by atoms with Crippen molar-refractivity contribution in [3.63, 3.8) is 0 Å². The fourth-order valence-corrected chi connectivity index (χ4v) is 1.42. The number of hydrogen-bond donors (Lipinski definition) is 0. The molecule has 0 N–H and O–H groups in total. The molecule has 1 atom stereocenters. The highest BCUT2D eigenvalue weighted by Gasteiger charge is 2.27. The van der Waals surface area contributed by atoms with Crippen molar-refractivity contribution in [1.82, 2.24) is 0 Å². The molecule has 0 aliphatic heterocycles. The van der Waals surface area contributed by atoms with Crippen LogP contribution in [-0.2, 0) is 0 Å². The fourth-order valence-electron chi connectivity index (χ4n) is 1.42. The minimum atomic E-state index is -1.48. The second-order valence-corrected chi connectivity index (χ2v) is 3.38. The van der Waals surface area contributed by atoms with E-state index in [0.717, 1.165) is 6.92 Å². The Morgan fingerprint density at radius 1 is 1.06 bits per heavy atom. The van der Waals surface area contributed by atoms with E-state index in [1.54, 1.807) is 6.07 Å². The lowest BCUT2D eigenvalue weighted by Gasteiger charge is -2.12. The van der Waals surface area contributed by atoms with Crippen LogP contribution in [0.25, 0.3) is 0 Å². The maximum atomic E-state index is 13.4. The molecule has 1 nitrogen and oxygen atoms in total. The molecule has 0 bridgehead atoms. The Bertz CT molecular complexity index is 433. The zero-order valence-electron chi connectivity index (χ0n) is 8.74. The summed E-state index contributed by atoms with van der Waals surface area (Å²) in [6.45, 7) is 2.44.